The zero-order valence-corrected chi connectivity index (χ0v) is 17.8. The molecule has 1 N–H and O–H groups in total. The summed E-state index contributed by atoms with van der Waals surface area (Å²) in [6.07, 6.45) is 5.20. The van der Waals surface area contributed by atoms with Crippen LogP contribution in [-0.2, 0) is 4.74 Å². The highest BCUT2D eigenvalue weighted by Gasteiger charge is 2.42. The Hall–Kier alpha value is -0.0800. The summed E-state index contributed by atoms with van der Waals surface area (Å²) in [5, 5.41) is 3.49. The Kier molecular flexibility index (Phi) is 8.07. The van der Waals surface area contributed by atoms with Crippen molar-refractivity contribution in [3.05, 3.63) is 0 Å². The molecule has 2 unspecified atom stereocenters. The summed E-state index contributed by atoms with van der Waals surface area (Å²) in [5.74, 6) is 1.96. The molecule has 0 aromatic heterocycles. The van der Waals surface area contributed by atoms with Crippen LogP contribution in [0.25, 0.3) is 0 Å². The Morgan fingerprint density at radius 2 is 2.21 bits per heavy atom. The maximum atomic E-state index is 5.65. The molecular formula is C18H35IN4O. The molecule has 3 aliphatic rings. The number of ether oxygens (including phenoxy) is 1. The molecule has 0 aromatic carbocycles. The maximum Gasteiger partial charge on any atom is 0.193 e. The van der Waals surface area contributed by atoms with Crippen molar-refractivity contribution in [3.63, 3.8) is 0 Å². The van der Waals surface area contributed by atoms with Crippen molar-refractivity contribution >= 4 is 29.9 Å². The van der Waals surface area contributed by atoms with Gasteiger partial charge in [0, 0.05) is 44.7 Å². The lowest BCUT2D eigenvalue weighted by molar-refractivity contribution is 0.156. The van der Waals surface area contributed by atoms with E-state index < -0.39 is 0 Å². The van der Waals surface area contributed by atoms with Crippen LogP contribution in [0.1, 0.15) is 39.5 Å². The number of rotatable bonds is 4. The summed E-state index contributed by atoms with van der Waals surface area (Å²) in [4.78, 5) is 9.95. The van der Waals surface area contributed by atoms with Gasteiger partial charge in [0.15, 0.2) is 5.96 Å². The molecule has 0 bridgehead atoms. The molecule has 0 amide bonds. The first-order valence-corrected chi connectivity index (χ1v) is 9.54. The highest BCUT2D eigenvalue weighted by Crippen LogP contribution is 2.38. The molecule has 0 aliphatic carbocycles. The number of aliphatic imine (C=N–C) groups is 1. The number of nitrogens with one attached hydrogen (secondary N) is 1. The van der Waals surface area contributed by atoms with E-state index in [2.05, 4.69) is 29.0 Å². The molecule has 5 nitrogen and oxygen atoms in total. The fourth-order valence-electron chi connectivity index (χ4n) is 4.30. The summed E-state index contributed by atoms with van der Waals surface area (Å²) in [6.45, 7) is 14.1. The summed E-state index contributed by atoms with van der Waals surface area (Å²) in [6, 6.07) is 0. The fourth-order valence-corrected chi connectivity index (χ4v) is 4.30. The van der Waals surface area contributed by atoms with E-state index in [4.69, 9.17) is 9.73 Å². The van der Waals surface area contributed by atoms with E-state index in [1.54, 1.807) is 0 Å². The Morgan fingerprint density at radius 1 is 1.33 bits per heavy atom. The molecule has 0 radical (unpaired) electrons. The van der Waals surface area contributed by atoms with Crippen molar-refractivity contribution in [2.75, 3.05) is 59.0 Å². The van der Waals surface area contributed by atoms with E-state index in [1.165, 1.54) is 38.8 Å². The highest BCUT2D eigenvalue weighted by molar-refractivity contribution is 14.0. The first-order valence-electron chi connectivity index (χ1n) is 9.54. The number of halogens is 1. The second-order valence-electron chi connectivity index (χ2n) is 7.76. The van der Waals surface area contributed by atoms with Gasteiger partial charge in [-0.15, -0.1) is 24.0 Å². The third-order valence-electron chi connectivity index (χ3n) is 5.68. The lowest BCUT2D eigenvalue weighted by atomic mass is 9.87. The standard InChI is InChI=1S/C18H34N4O.HI/c1-3-19-17(20-8-11-21-9-4-5-16(2)13-21)22-10-6-18(14-22)7-12-23-15-18;/h16H,3-15H2,1-2H3,(H,19,20);1H. The van der Waals surface area contributed by atoms with E-state index in [9.17, 15) is 0 Å². The Morgan fingerprint density at radius 3 is 2.92 bits per heavy atom. The molecule has 24 heavy (non-hydrogen) atoms. The molecule has 3 aliphatic heterocycles. The zero-order valence-electron chi connectivity index (χ0n) is 15.4. The largest absolute Gasteiger partial charge is 0.381 e. The van der Waals surface area contributed by atoms with Gasteiger partial charge in [-0.2, -0.15) is 0 Å². The molecule has 0 saturated carbocycles. The SMILES string of the molecule is CCNC(=NCCN1CCCC(C)C1)N1CCC2(CCOC2)C1.I. The minimum atomic E-state index is 0. The first-order chi connectivity index (χ1) is 11.2. The lowest BCUT2D eigenvalue weighted by Gasteiger charge is -2.30. The summed E-state index contributed by atoms with van der Waals surface area (Å²) < 4.78 is 5.65. The van der Waals surface area contributed by atoms with E-state index in [-0.39, 0.29) is 24.0 Å². The van der Waals surface area contributed by atoms with Crippen LogP contribution in [0.3, 0.4) is 0 Å². The maximum absolute atomic E-state index is 5.65. The average Bonchev–Trinajstić information content (AvgIpc) is 3.17. The van der Waals surface area contributed by atoms with Gasteiger partial charge in [0.1, 0.15) is 0 Å². The molecular weight excluding hydrogens is 415 g/mol. The van der Waals surface area contributed by atoms with Gasteiger partial charge in [-0.1, -0.05) is 6.92 Å². The van der Waals surface area contributed by atoms with E-state index in [0.717, 1.165) is 57.8 Å². The number of hydrogen-bond donors (Lipinski definition) is 1. The van der Waals surface area contributed by atoms with Gasteiger partial charge >= 0.3 is 0 Å². The van der Waals surface area contributed by atoms with Crippen LogP contribution in [-0.4, -0.2) is 74.8 Å². The van der Waals surface area contributed by atoms with Crippen LogP contribution in [0, 0.1) is 11.3 Å². The van der Waals surface area contributed by atoms with Gasteiger partial charge in [-0.25, -0.2) is 0 Å². The van der Waals surface area contributed by atoms with Crippen LogP contribution in [0.4, 0.5) is 0 Å². The van der Waals surface area contributed by atoms with E-state index >= 15 is 0 Å². The quantitative estimate of drug-likeness (QED) is 0.406. The minimum absolute atomic E-state index is 0. The molecule has 3 fully saturated rings. The van der Waals surface area contributed by atoms with Crippen molar-refractivity contribution in [2.24, 2.45) is 16.3 Å². The highest BCUT2D eigenvalue weighted by atomic mass is 127. The summed E-state index contributed by atoms with van der Waals surface area (Å²) in [5.41, 5.74) is 0.401. The number of nitrogens with zero attached hydrogens (tertiary/aromatic N) is 3. The van der Waals surface area contributed by atoms with Gasteiger partial charge in [-0.3, -0.25) is 4.99 Å². The van der Waals surface area contributed by atoms with Crippen LogP contribution in [0.5, 0.6) is 0 Å². The topological polar surface area (TPSA) is 40.1 Å². The number of hydrogen-bond acceptors (Lipinski definition) is 3. The predicted octanol–water partition coefficient (Wildman–Crippen LogP) is 2.41. The Bertz CT molecular complexity index is 412. The third-order valence-corrected chi connectivity index (χ3v) is 5.68. The van der Waals surface area contributed by atoms with Crippen LogP contribution in [0.2, 0.25) is 0 Å². The van der Waals surface area contributed by atoms with Crippen molar-refractivity contribution in [2.45, 2.75) is 39.5 Å². The van der Waals surface area contributed by atoms with E-state index in [0.29, 0.717) is 5.41 Å². The molecule has 3 saturated heterocycles. The predicted molar refractivity (Wildman–Crippen MR) is 110 cm³/mol. The van der Waals surface area contributed by atoms with Gasteiger partial charge in [0.2, 0.25) is 0 Å². The van der Waals surface area contributed by atoms with Crippen molar-refractivity contribution in [1.29, 1.82) is 0 Å². The van der Waals surface area contributed by atoms with Gasteiger partial charge in [-0.05, 0) is 45.1 Å². The van der Waals surface area contributed by atoms with Crippen LogP contribution < -0.4 is 5.32 Å². The molecule has 0 aromatic rings. The summed E-state index contributed by atoms with van der Waals surface area (Å²) >= 11 is 0. The zero-order chi connectivity index (χ0) is 16.1. The molecule has 140 valence electrons. The second kappa shape index (κ2) is 9.57. The third kappa shape index (κ3) is 5.21. The van der Waals surface area contributed by atoms with Crippen LogP contribution in [0.15, 0.2) is 4.99 Å². The summed E-state index contributed by atoms with van der Waals surface area (Å²) in [7, 11) is 0. The van der Waals surface area contributed by atoms with Gasteiger partial charge in [0.25, 0.3) is 0 Å². The normalized spacial score (nSPS) is 31.5. The van der Waals surface area contributed by atoms with Crippen molar-refractivity contribution < 1.29 is 4.74 Å². The smallest absolute Gasteiger partial charge is 0.193 e. The lowest BCUT2D eigenvalue weighted by Crippen LogP contribution is -2.42. The molecule has 3 rings (SSSR count). The van der Waals surface area contributed by atoms with E-state index in [1.807, 2.05) is 0 Å². The Balaban J connectivity index is 0.00000208. The molecule has 1 spiro atoms. The van der Waals surface area contributed by atoms with Crippen molar-refractivity contribution in [3.8, 4) is 0 Å². The molecule has 3 heterocycles. The van der Waals surface area contributed by atoms with Gasteiger partial charge in [0.05, 0.1) is 13.2 Å². The molecule has 2 atom stereocenters. The van der Waals surface area contributed by atoms with Gasteiger partial charge < -0.3 is 19.9 Å². The van der Waals surface area contributed by atoms with Crippen molar-refractivity contribution in [1.82, 2.24) is 15.1 Å². The van der Waals surface area contributed by atoms with Crippen LogP contribution >= 0.6 is 24.0 Å². The minimum Gasteiger partial charge on any atom is -0.381 e. The first kappa shape index (κ1) is 20.2. The number of guanidine groups is 1. The Labute approximate surface area is 164 Å². The monoisotopic (exact) mass is 450 g/mol. The number of piperidine rings is 1. The molecule has 6 heteroatoms. The fraction of sp³-hybridized carbons (Fsp3) is 0.944. The average molecular weight is 450 g/mol. The second-order valence-corrected chi connectivity index (χ2v) is 7.76. The number of likely N-dealkylation sites (tertiary alicyclic amines) is 2.